The van der Waals surface area contributed by atoms with Gasteiger partial charge in [-0.05, 0) is 47.0 Å². The van der Waals surface area contributed by atoms with Gasteiger partial charge in [-0.15, -0.1) is 0 Å². The van der Waals surface area contributed by atoms with E-state index < -0.39 is 0 Å². The molecule has 0 aliphatic heterocycles. The molecule has 4 heteroatoms. The first kappa shape index (κ1) is 12.1. The minimum atomic E-state index is -0.327. The van der Waals surface area contributed by atoms with Crippen molar-refractivity contribution in [1.29, 1.82) is 0 Å². The van der Waals surface area contributed by atoms with Gasteiger partial charge >= 0.3 is 0 Å². The molecule has 90 valence electrons. The van der Waals surface area contributed by atoms with Crippen molar-refractivity contribution in [3.63, 3.8) is 0 Å². The first-order valence-corrected chi connectivity index (χ1v) is 6.31. The van der Waals surface area contributed by atoms with Crippen LogP contribution < -0.4 is 5.32 Å². The number of thiophene rings is 1. The van der Waals surface area contributed by atoms with Gasteiger partial charge < -0.3 is 10.4 Å². The third-order valence-electron chi connectivity index (χ3n) is 2.63. The Morgan fingerprint density at radius 3 is 2.71 bits per heavy atom. The van der Waals surface area contributed by atoms with Gasteiger partial charge in [0.15, 0.2) is 0 Å². The zero-order valence-corrected chi connectivity index (χ0v) is 10.4. The van der Waals surface area contributed by atoms with Crippen LogP contribution in [-0.2, 0) is 13.1 Å². The topological polar surface area (TPSA) is 32.3 Å². The number of hydrogen-bond donors (Lipinski definition) is 2. The second-order valence-corrected chi connectivity index (χ2v) is 4.70. The number of hydrogen-bond acceptors (Lipinski definition) is 3. The molecule has 0 atom stereocenters. The van der Waals surface area contributed by atoms with Crippen LogP contribution in [0.4, 0.5) is 4.39 Å². The molecule has 0 saturated heterocycles. The molecule has 0 amide bonds. The molecule has 0 unspecified atom stereocenters. The van der Waals surface area contributed by atoms with Crippen LogP contribution in [0.5, 0.6) is 5.75 Å². The summed E-state index contributed by atoms with van der Waals surface area (Å²) in [4.78, 5) is 0. The molecule has 1 aromatic carbocycles. The lowest BCUT2D eigenvalue weighted by atomic mass is 10.2. The van der Waals surface area contributed by atoms with E-state index in [9.17, 15) is 9.50 Å². The van der Waals surface area contributed by atoms with Crippen LogP contribution >= 0.6 is 11.3 Å². The van der Waals surface area contributed by atoms with Crippen molar-refractivity contribution in [1.82, 2.24) is 5.32 Å². The van der Waals surface area contributed by atoms with E-state index in [1.54, 1.807) is 11.3 Å². The van der Waals surface area contributed by atoms with Crippen molar-refractivity contribution in [2.45, 2.75) is 20.0 Å². The molecular formula is C13H14FNOS. The Morgan fingerprint density at radius 2 is 2.00 bits per heavy atom. The minimum absolute atomic E-state index is 0.126. The summed E-state index contributed by atoms with van der Waals surface area (Å²) in [6.07, 6.45) is 0. The molecule has 2 nitrogen and oxygen atoms in total. The van der Waals surface area contributed by atoms with Crippen LogP contribution in [-0.4, -0.2) is 5.11 Å². The number of phenolic OH excluding ortho intramolecular Hbond substituents is 1. The van der Waals surface area contributed by atoms with E-state index in [0.717, 1.165) is 6.54 Å². The van der Waals surface area contributed by atoms with Crippen LogP contribution in [0, 0.1) is 12.7 Å². The number of nitrogens with one attached hydrogen (secondary N) is 1. The highest BCUT2D eigenvalue weighted by Gasteiger charge is 2.03. The summed E-state index contributed by atoms with van der Waals surface area (Å²) in [5.74, 6) is -0.202. The molecule has 0 spiro atoms. The molecule has 0 fully saturated rings. The quantitative estimate of drug-likeness (QED) is 0.874. The van der Waals surface area contributed by atoms with Crippen LogP contribution in [0.25, 0.3) is 0 Å². The third kappa shape index (κ3) is 3.05. The maximum Gasteiger partial charge on any atom is 0.123 e. The summed E-state index contributed by atoms with van der Waals surface area (Å²) in [6, 6.07) is 3.98. The zero-order chi connectivity index (χ0) is 12.3. The molecular weight excluding hydrogens is 237 g/mol. The Morgan fingerprint density at radius 1 is 1.24 bits per heavy atom. The molecule has 0 saturated carbocycles. The Kier molecular flexibility index (Phi) is 3.76. The fraction of sp³-hybridized carbons (Fsp3) is 0.231. The monoisotopic (exact) mass is 251 g/mol. The van der Waals surface area contributed by atoms with Crippen molar-refractivity contribution >= 4 is 11.3 Å². The zero-order valence-electron chi connectivity index (χ0n) is 9.53. The van der Waals surface area contributed by atoms with Crippen molar-refractivity contribution in [3.8, 4) is 5.75 Å². The number of phenols is 1. The van der Waals surface area contributed by atoms with Crippen LogP contribution in [0.15, 0.2) is 29.0 Å². The molecule has 1 heterocycles. The number of rotatable bonds is 4. The largest absolute Gasteiger partial charge is 0.508 e. The first-order chi connectivity index (χ1) is 8.16. The molecule has 1 aromatic heterocycles. The van der Waals surface area contributed by atoms with E-state index in [4.69, 9.17) is 0 Å². The summed E-state index contributed by atoms with van der Waals surface area (Å²) in [5.41, 5.74) is 3.08. The van der Waals surface area contributed by atoms with Gasteiger partial charge in [-0.1, -0.05) is 0 Å². The summed E-state index contributed by atoms with van der Waals surface area (Å²) >= 11 is 1.67. The Balaban J connectivity index is 1.94. The van der Waals surface area contributed by atoms with Crippen molar-refractivity contribution in [2.24, 2.45) is 0 Å². The van der Waals surface area contributed by atoms with E-state index in [1.807, 2.05) is 0 Å². The van der Waals surface area contributed by atoms with E-state index in [-0.39, 0.29) is 11.6 Å². The van der Waals surface area contributed by atoms with Crippen molar-refractivity contribution in [3.05, 3.63) is 51.5 Å². The predicted molar refractivity (Wildman–Crippen MR) is 67.7 cm³/mol. The van der Waals surface area contributed by atoms with Crippen molar-refractivity contribution in [2.75, 3.05) is 0 Å². The predicted octanol–water partition coefficient (Wildman–Crippen LogP) is 3.19. The van der Waals surface area contributed by atoms with Crippen LogP contribution in [0.3, 0.4) is 0 Å². The van der Waals surface area contributed by atoms with Crippen LogP contribution in [0.1, 0.15) is 16.7 Å². The second kappa shape index (κ2) is 5.29. The maximum absolute atomic E-state index is 13.0. The maximum atomic E-state index is 13.0. The molecule has 0 bridgehead atoms. The second-order valence-electron chi connectivity index (χ2n) is 3.96. The summed E-state index contributed by atoms with van der Waals surface area (Å²) in [6.45, 7) is 3.25. The minimum Gasteiger partial charge on any atom is -0.508 e. The van der Waals surface area contributed by atoms with E-state index in [1.165, 1.54) is 29.3 Å². The SMILES string of the molecule is Cc1cscc1CNCc1cc(F)ccc1O. The Hall–Kier alpha value is -1.39. The fourth-order valence-corrected chi connectivity index (χ4v) is 2.45. The summed E-state index contributed by atoms with van der Waals surface area (Å²) in [7, 11) is 0. The van der Waals surface area contributed by atoms with Gasteiger partial charge in [-0.25, -0.2) is 4.39 Å². The highest BCUT2D eigenvalue weighted by molar-refractivity contribution is 7.08. The van der Waals surface area contributed by atoms with Gasteiger partial charge in [-0.2, -0.15) is 11.3 Å². The van der Waals surface area contributed by atoms with E-state index in [0.29, 0.717) is 12.1 Å². The smallest absolute Gasteiger partial charge is 0.123 e. The molecule has 0 aliphatic rings. The molecule has 0 radical (unpaired) electrons. The summed E-state index contributed by atoms with van der Waals surface area (Å²) < 4.78 is 13.0. The number of halogens is 1. The number of aromatic hydroxyl groups is 1. The van der Waals surface area contributed by atoms with Gasteiger partial charge in [0.05, 0.1) is 0 Å². The molecule has 2 aromatic rings. The number of benzene rings is 1. The average molecular weight is 251 g/mol. The molecule has 17 heavy (non-hydrogen) atoms. The van der Waals surface area contributed by atoms with Crippen molar-refractivity contribution < 1.29 is 9.50 Å². The van der Waals surface area contributed by atoms with Gasteiger partial charge in [0.1, 0.15) is 11.6 Å². The lowest BCUT2D eigenvalue weighted by Crippen LogP contribution is -2.13. The molecule has 2 rings (SSSR count). The molecule has 2 N–H and O–H groups in total. The summed E-state index contributed by atoms with van der Waals surface area (Å²) in [5, 5.41) is 16.9. The Bertz CT molecular complexity index is 510. The lowest BCUT2D eigenvalue weighted by molar-refractivity contribution is 0.461. The fourth-order valence-electron chi connectivity index (χ4n) is 1.60. The van der Waals surface area contributed by atoms with E-state index in [2.05, 4.69) is 23.0 Å². The highest BCUT2D eigenvalue weighted by atomic mass is 32.1. The Labute approximate surface area is 104 Å². The molecule has 0 aliphatic carbocycles. The van der Waals surface area contributed by atoms with Crippen LogP contribution in [0.2, 0.25) is 0 Å². The highest BCUT2D eigenvalue weighted by Crippen LogP contribution is 2.18. The van der Waals surface area contributed by atoms with Gasteiger partial charge in [0.2, 0.25) is 0 Å². The lowest BCUT2D eigenvalue weighted by Gasteiger charge is -2.07. The number of aryl methyl sites for hydroxylation is 1. The van der Waals surface area contributed by atoms with Gasteiger partial charge in [-0.3, -0.25) is 0 Å². The van der Waals surface area contributed by atoms with Gasteiger partial charge in [0, 0.05) is 18.7 Å². The third-order valence-corrected chi connectivity index (χ3v) is 3.54. The normalized spacial score (nSPS) is 10.7. The standard InChI is InChI=1S/C13H14FNOS/c1-9-7-17-8-11(9)6-15-5-10-4-12(14)2-3-13(10)16/h2-4,7-8,15-16H,5-6H2,1H3. The average Bonchev–Trinajstić information content (AvgIpc) is 2.70. The van der Waals surface area contributed by atoms with Gasteiger partial charge in [0.25, 0.3) is 0 Å². The first-order valence-electron chi connectivity index (χ1n) is 5.36. The van der Waals surface area contributed by atoms with E-state index >= 15 is 0 Å².